The normalized spacial score (nSPS) is 11.7. The van der Waals surface area contributed by atoms with Gasteiger partial charge in [-0.05, 0) is 24.8 Å². The lowest BCUT2D eigenvalue weighted by Gasteiger charge is -2.06. The summed E-state index contributed by atoms with van der Waals surface area (Å²) in [6, 6.07) is 1.60. The maximum atomic E-state index is 12.2. The maximum Gasteiger partial charge on any atom is 0.347 e. The van der Waals surface area contributed by atoms with Crippen LogP contribution in [-0.4, -0.2) is 24.7 Å². The summed E-state index contributed by atoms with van der Waals surface area (Å²) in [6.45, 7) is 3.18. The summed E-state index contributed by atoms with van der Waals surface area (Å²) >= 11 is 0.882. The number of nitrogens with zero attached hydrogens (tertiary/aromatic N) is 1. The summed E-state index contributed by atoms with van der Waals surface area (Å²) in [5.41, 5.74) is 1.03. The zero-order valence-electron chi connectivity index (χ0n) is 10.7. The standard InChI is InChI=1S/C11H12N2O5S2/c1-6-5-19-9(11(14)15)10(6)20(16,17)12-4-8-3-7(2)13-18-8/h3,5,12H,4H2,1-2H3,(H,14,15). The van der Waals surface area contributed by atoms with Crippen molar-refractivity contribution in [3.05, 3.63) is 33.3 Å². The molecule has 0 saturated heterocycles. The van der Waals surface area contributed by atoms with Gasteiger partial charge in [0.1, 0.15) is 9.77 Å². The molecule has 2 aromatic heterocycles. The highest BCUT2D eigenvalue weighted by atomic mass is 32.2. The van der Waals surface area contributed by atoms with Gasteiger partial charge in [-0.1, -0.05) is 5.16 Å². The van der Waals surface area contributed by atoms with E-state index >= 15 is 0 Å². The average Bonchev–Trinajstić information content (AvgIpc) is 2.93. The van der Waals surface area contributed by atoms with Crippen molar-refractivity contribution in [3.8, 4) is 0 Å². The zero-order chi connectivity index (χ0) is 14.9. The van der Waals surface area contributed by atoms with Gasteiger partial charge in [0.2, 0.25) is 10.0 Å². The molecular weight excluding hydrogens is 304 g/mol. The number of aryl methyl sites for hydroxylation is 2. The van der Waals surface area contributed by atoms with Crippen LogP contribution in [-0.2, 0) is 16.6 Å². The Balaban J connectivity index is 2.27. The quantitative estimate of drug-likeness (QED) is 0.865. The predicted octanol–water partition coefficient (Wildman–Crippen LogP) is 1.53. The van der Waals surface area contributed by atoms with Crippen molar-refractivity contribution in [2.75, 3.05) is 0 Å². The largest absolute Gasteiger partial charge is 0.477 e. The Morgan fingerprint density at radius 2 is 2.20 bits per heavy atom. The van der Waals surface area contributed by atoms with Crippen molar-refractivity contribution in [2.24, 2.45) is 0 Å². The number of carboxylic acids is 1. The van der Waals surface area contributed by atoms with Gasteiger partial charge in [0.25, 0.3) is 0 Å². The van der Waals surface area contributed by atoms with E-state index in [4.69, 9.17) is 9.63 Å². The molecule has 0 unspecified atom stereocenters. The van der Waals surface area contributed by atoms with E-state index in [9.17, 15) is 13.2 Å². The second kappa shape index (κ2) is 5.35. The molecule has 0 amide bonds. The number of hydrogen-bond acceptors (Lipinski definition) is 6. The SMILES string of the molecule is Cc1cc(CNS(=O)(=O)c2c(C)csc2C(=O)O)on1. The number of carbonyl (C=O) groups is 1. The third kappa shape index (κ3) is 2.89. The molecule has 0 bridgehead atoms. The highest BCUT2D eigenvalue weighted by Gasteiger charge is 2.26. The van der Waals surface area contributed by atoms with E-state index in [1.54, 1.807) is 19.9 Å². The molecule has 7 nitrogen and oxygen atoms in total. The topological polar surface area (TPSA) is 110 Å². The van der Waals surface area contributed by atoms with Crippen molar-refractivity contribution >= 4 is 27.3 Å². The molecule has 0 aromatic carbocycles. The van der Waals surface area contributed by atoms with Crippen molar-refractivity contribution in [1.29, 1.82) is 0 Å². The molecule has 0 fully saturated rings. The number of thiophene rings is 1. The summed E-state index contributed by atoms with van der Waals surface area (Å²) in [7, 11) is -3.92. The lowest BCUT2D eigenvalue weighted by molar-refractivity contribution is 0.0698. The van der Waals surface area contributed by atoms with Crippen molar-refractivity contribution in [1.82, 2.24) is 9.88 Å². The number of nitrogens with one attached hydrogen (secondary N) is 1. The van der Waals surface area contributed by atoms with E-state index in [0.29, 0.717) is 17.0 Å². The lowest BCUT2D eigenvalue weighted by atomic mass is 10.3. The molecule has 9 heteroatoms. The molecule has 108 valence electrons. The van der Waals surface area contributed by atoms with Crippen LogP contribution in [0.3, 0.4) is 0 Å². The Bertz CT molecular complexity index is 745. The second-order valence-corrected chi connectivity index (χ2v) is 6.72. The Morgan fingerprint density at radius 1 is 1.50 bits per heavy atom. The Kier molecular flexibility index (Phi) is 3.93. The first kappa shape index (κ1) is 14.7. The van der Waals surface area contributed by atoms with Gasteiger partial charge in [-0.2, -0.15) is 0 Å². The van der Waals surface area contributed by atoms with Gasteiger partial charge in [0, 0.05) is 6.07 Å². The van der Waals surface area contributed by atoms with Gasteiger partial charge < -0.3 is 9.63 Å². The van der Waals surface area contributed by atoms with Gasteiger partial charge in [-0.25, -0.2) is 17.9 Å². The number of aromatic nitrogens is 1. The summed E-state index contributed by atoms with van der Waals surface area (Å²) in [6.07, 6.45) is 0. The van der Waals surface area contributed by atoms with E-state index in [2.05, 4.69) is 9.88 Å². The second-order valence-electron chi connectivity index (χ2n) is 4.14. The molecular formula is C11H12N2O5S2. The molecule has 0 saturated carbocycles. The first-order valence-corrected chi connectivity index (χ1v) is 7.91. The molecule has 0 atom stereocenters. The van der Waals surface area contributed by atoms with Crippen LogP contribution in [0.25, 0.3) is 0 Å². The van der Waals surface area contributed by atoms with Crippen LogP contribution in [0.15, 0.2) is 20.9 Å². The van der Waals surface area contributed by atoms with Crippen LogP contribution in [0.2, 0.25) is 0 Å². The van der Waals surface area contributed by atoms with Crippen LogP contribution in [0, 0.1) is 13.8 Å². The minimum Gasteiger partial charge on any atom is -0.477 e. The van der Waals surface area contributed by atoms with Gasteiger partial charge in [-0.3, -0.25) is 0 Å². The van der Waals surface area contributed by atoms with Crippen molar-refractivity contribution in [3.63, 3.8) is 0 Å². The fraction of sp³-hybridized carbons (Fsp3) is 0.273. The minimum atomic E-state index is -3.92. The van der Waals surface area contributed by atoms with Crippen LogP contribution < -0.4 is 4.72 Å². The molecule has 0 spiro atoms. The Labute approximate surface area is 119 Å². The maximum absolute atomic E-state index is 12.2. The van der Waals surface area contributed by atoms with Crippen LogP contribution >= 0.6 is 11.3 Å². The number of sulfonamides is 1. The van der Waals surface area contributed by atoms with E-state index in [1.165, 1.54) is 5.38 Å². The summed E-state index contributed by atoms with van der Waals surface area (Å²) in [5, 5.41) is 14.2. The molecule has 0 aliphatic carbocycles. The number of carboxylic acid groups (broad SMARTS) is 1. The molecule has 0 aliphatic heterocycles. The third-order valence-corrected chi connectivity index (χ3v) is 5.30. The summed E-state index contributed by atoms with van der Waals surface area (Å²) in [5.74, 6) is -0.908. The van der Waals surface area contributed by atoms with E-state index in [0.717, 1.165) is 11.3 Å². The summed E-state index contributed by atoms with van der Waals surface area (Å²) in [4.78, 5) is 10.6. The van der Waals surface area contributed by atoms with Crippen LogP contribution in [0.1, 0.15) is 26.7 Å². The zero-order valence-corrected chi connectivity index (χ0v) is 12.3. The molecule has 2 aromatic rings. The minimum absolute atomic E-state index is 0.0858. The van der Waals surface area contributed by atoms with Crippen LogP contribution in [0.5, 0.6) is 0 Å². The van der Waals surface area contributed by atoms with E-state index in [1.807, 2.05) is 0 Å². The average molecular weight is 316 g/mol. The third-order valence-electron chi connectivity index (χ3n) is 2.49. The van der Waals surface area contributed by atoms with E-state index < -0.39 is 16.0 Å². The molecule has 20 heavy (non-hydrogen) atoms. The van der Waals surface area contributed by atoms with E-state index in [-0.39, 0.29) is 16.3 Å². The predicted molar refractivity (Wildman–Crippen MR) is 71.3 cm³/mol. The molecule has 0 aliphatic rings. The molecule has 2 N–H and O–H groups in total. The molecule has 0 radical (unpaired) electrons. The smallest absolute Gasteiger partial charge is 0.347 e. The fourth-order valence-corrected chi connectivity index (χ4v) is 4.27. The Hall–Kier alpha value is -1.71. The van der Waals surface area contributed by atoms with Gasteiger partial charge in [0.05, 0.1) is 12.2 Å². The first-order chi connectivity index (χ1) is 9.31. The van der Waals surface area contributed by atoms with Crippen molar-refractivity contribution in [2.45, 2.75) is 25.3 Å². The van der Waals surface area contributed by atoms with Crippen LogP contribution in [0.4, 0.5) is 0 Å². The molecule has 2 rings (SSSR count). The number of hydrogen-bond donors (Lipinski definition) is 2. The van der Waals surface area contributed by atoms with Crippen molar-refractivity contribution < 1.29 is 22.8 Å². The van der Waals surface area contributed by atoms with Gasteiger partial charge in [-0.15, -0.1) is 11.3 Å². The van der Waals surface area contributed by atoms with Gasteiger partial charge in [0.15, 0.2) is 5.76 Å². The Morgan fingerprint density at radius 3 is 2.75 bits per heavy atom. The monoisotopic (exact) mass is 316 g/mol. The first-order valence-electron chi connectivity index (χ1n) is 5.54. The highest BCUT2D eigenvalue weighted by Crippen LogP contribution is 2.26. The highest BCUT2D eigenvalue weighted by molar-refractivity contribution is 7.89. The molecule has 2 heterocycles. The van der Waals surface area contributed by atoms with Gasteiger partial charge >= 0.3 is 5.97 Å². The number of rotatable bonds is 5. The summed E-state index contributed by atoms with van der Waals surface area (Å²) < 4.78 is 31.6. The lowest BCUT2D eigenvalue weighted by Crippen LogP contribution is -2.24. The number of aromatic carboxylic acids is 1. The fourth-order valence-electron chi connectivity index (χ4n) is 1.65.